The molecule has 8 heteroatoms. The number of allylic oxidation sites excluding steroid dienone is 1. The number of alkyl halides is 3. The highest BCUT2D eigenvalue weighted by atomic mass is 32.1. The van der Waals surface area contributed by atoms with Crippen molar-refractivity contribution in [1.82, 2.24) is 5.32 Å². The first kappa shape index (κ1) is 15.2. The van der Waals surface area contributed by atoms with Gasteiger partial charge in [0.1, 0.15) is 0 Å². The number of ketones is 1. The van der Waals surface area contributed by atoms with E-state index in [1.165, 1.54) is 13.0 Å². The largest absolute Gasteiger partial charge is 0.456 e. The molecule has 19 heavy (non-hydrogen) atoms. The molecule has 1 aromatic heterocycles. The number of hydrogen-bond acceptors (Lipinski definition) is 4. The van der Waals surface area contributed by atoms with E-state index in [4.69, 9.17) is 0 Å². The van der Waals surface area contributed by atoms with Crippen LogP contribution in [0.15, 0.2) is 23.2 Å². The van der Waals surface area contributed by atoms with Gasteiger partial charge in [-0.3, -0.25) is 10.1 Å². The molecule has 0 aliphatic rings. The van der Waals surface area contributed by atoms with Gasteiger partial charge < -0.3 is 4.74 Å². The maximum atomic E-state index is 12.4. The first-order valence-electron chi connectivity index (χ1n) is 5.15. The Morgan fingerprint density at radius 1 is 1.47 bits per heavy atom. The van der Waals surface area contributed by atoms with E-state index in [2.05, 4.69) is 4.74 Å². The summed E-state index contributed by atoms with van der Waals surface area (Å²) in [4.78, 5) is 22.7. The molecular formula is C11H10F3NO3S. The van der Waals surface area contributed by atoms with E-state index in [0.29, 0.717) is 4.88 Å². The fraction of sp³-hybridized carbons (Fsp3) is 0.273. The molecule has 0 unspecified atom stereocenters. The molecule has 0 fully saturated rings. The third-order valence-electron chi connectivity index (χ3n) is 1.84. The van der Waals surface area contributed by atoms with Gasteiger partial charge in [-0.2, -0.15) is 13.2 Å². The zero-order valence-electron chi connectivity index (χ0n) is 9.78. The van der Waals surface area contributed by atoms with Crippen molar-refractivity contribution < 1.29 is 27.5 Å². The van der Waals surface area contributed by atoms with Crippen LogP contribution < -0.4 is 5.32 Å². The number of thiophene rings is 1. The highest BCUT2D eigenvalue weighted by Gasteiger charge is 2.41. The molecule has 0 spiro atoms. The van der Waals surface area contributed by atoms with Crippen LogP contribution in [0.5, 0.6) is 0 Å². The highest BCUT2D eigenvalue weighted by molar-refractivity contribution is 7.10. The standard InChI is InChI=1S/C11H10F3NO3S/c1-2-18-10(17)15-8(9(16)11(12,13)14)6-7-4-3-5-19-7/h3-6H,2H2,1H3,(H,15,17)/b8-6-. The molecule has 0 atom stereocenters. The van der Waals surface area contributed by atoms with Crippen molar-refractivity contribution in [2.45, 2.75) is 13.1 Å². The fourth-order valence-corrected chi connectivity index (χ4v) is 1.76. The molecule has 104 valence electrons. The van der Waals surface area contributed by atoms with Gasteiger partial charge in [0.2, 0.25) is 0 Å². The molecule has 0 saturated carbocycles. The molecule has 0 aliphatic heterocycles. The van der Waals surface area contributed by atoms with Crippen molar-refractivity contribution in [2.75, 3.05) is 6.61 Å². The van der Waals surface area contributed by atoms with Gasteiger partial charge in [0, 0.05) is 4.88 Å². The van der Waals surface area contributed by atoms with Crippen molar-refractivity contribution in [3.63, 3.8) is 0 Å². The first-order valence-corrected chi connectivity index (χ1v) is 6.03. The maximum Gasteiger partial charge on any atom is 0.456 e. The summed E-state index contributed by atoms with van der Waals surface area (Å²) in [5.74, 6) is -2.13. The van der Waals surface area contributed by atoms with Crippen LogP contribution in [-0.2, 0) is 9.53 Å². The van der Waals surface area contributed by atoms with Crippen molar-refractivity contribution in [1.29, 1.82) is 0 Å². The van der Waals surface area contributed by atoms with E-state index in [9.17, 15) is 22.8 Å². The number of rotatable bonds is 4. The van der Waals surface area contributed by atoms with Gasteiger partial charge in [-0.05, 0) is 24.4 Å². The van der Waals surface area contributed by atoms with E-state index in [-0.39, 0.29) is 6.61 Å². The predicted octanol–water partition coefficient (Wildman–Crippen LogP) is 2.97. The van der Waals surface area contributed by atoms with Crippen molar-refractivity contribution in [2.24, 2.45) is 0 Å². The number of ether oxygens (including phenoxy) is 1. The van der Waals surface area contributed by atoms with Crippen LogP contribution in [0, 0.1) is 0 Å². The molecule has 1 amide bonds. The topological polar surface area (TPSA) is 55.4 Å². The number of carbonyl (C=O) groups is 2. The maximum absolute atomic E-state index is 12.4. The van der Waals surface area contributed by atoms with Gasteiger partial charge in [-0.25, -0.2) is 4.79 Å². The van der Waals surface area contributed by atoms with E-state index < -0.39 is 23.7 Å². The van der Waals surface area contributed by atoms with Crippen LogP contribution >= 0.6 is 11.3 Å². The van der Waals surface area contributed by atoms with Gasteiger partial charge in [-0.15, -0.1) is 11.3 Å². The molecule has 1 N–H and O–H groups in total. The molecule has 0 aromatic carbocycles. The van der Waals surface area contributed by atoms with Gasteiger partial charge >= 0.3 is 12.3 Å². The number of carbonyl (C=O) groups excluding carboxylic acids is 2. The number of amides is 1. The Morgan fingerprint density at radius 2 is 2.16 bits per heavy atom. The Bertz CT molecular complexity index is 480. The lowest BCUT2D eigenvalue weighted by Crippen LogP contribution is -2.35. The first-order chi connectivity index (χ1) is 8.84. The zero-order chi connectivity index (χ0) is 14.5. The van der Waals surface area contributed by atoms with E-state index in [1.807, 2.05) is 0 Å². The lowest BCUT2D eigenvalue weighted by molar-refractivity contribution is -0.166. The minimum Gasteiger partial charge on any atom is -0.450 e. The molecule has 0 radical (unpaired) electrons. The summed E-state index contributed by atoms with van der Waals surface area (Å²) < 4.78 is 41.6. The van der Waals surface area contributed by atoms with E-state index in [1.54, 1.807) is 16.8 Å². The quantitative estimate of drug-likeness (QED) is 0.868. The monoisotopic (exact) mass is 293 g/mol. The van der Waals surface area contributed by atoms with Crippen LogP contribution in [0.25, 0.3) is 6.08 Å². The number of hydrogen-bond donors (Lipinski definition) is 1. The normalized spacial score (nSPS) is 12.1. The van der Waals surface area contributed by atoms with Gasteiger partial charge in [0.05, 0.1) is 12.3 Å². The number of alkyl carbamates (subject to hydrolysis) is 1. The SMILES string of the molecule is CCOC(=O)N/C(=C\c1cccs1)C(=O)C(F)(F)F. The minimum atomic E-state index is -5.07. The number of Topliss-reactive ketones (excluding diaryl/α,β-unsaturated/α-hetero) is 1. The van der Waals surface area contributed by atoms with Gasteiger partial charge in [0.15, 0.2) is 0 Å². The number of halogens is 3. The van der Waals surface area contributed by atoms with Crippen molar-refractivity contribution in [3.8, 4) is 0 Å². The Hall–Kier alpha value is -1.83. The second-order valence-electron chi connectivity index (χ2n) is 3.25. The summed E-state index contributed by atoms with van der Waals surface area (Å²) in [5, 5.41) is 3.43. The summed E-state index contributed by atoms with van der Waals surface area (Å²) in [6.07, 6.45) is -5.22. The molecule has 0 aliphatic carbocycles. The second kappa shape index (κ2) is 6.37. The van der Waals surface area contributed by atoms with Gasteiger partial charge in [-0.1, -0.05) is 6.07 Å². The molecule has 1 rings (SSSR count). The number of nitrogens with one attached hydrogen (secondary N) is 1. The average Bonchev–Trinajstić information content (AvgIpc) is 2.79. The minimum absolute atomic E-state index is 0.0156. The molecular weight excluding hydrogens is 283 g/mol. The predicted molar refractivity (Wildman–Crippen MR) is 63.5 cm³/mol. The Balaban J connectivity index is 2.98. The zero-order valence-corrected chi connectivity index (χ0v) is 10.6. The molecule has 0 saturated heterocycles. The summed E-state index contributed by atoms with van der Waals surface area (Å²) >= 11 is 1.13. The van der Waals surface area contributed by atoms with Crippen molar-refractivity contribution in [3.05, 3.63) is 28.1 Å². The lowest BCUT2D eigenvalue weighted by atomic mass is 10.2. The molecule has 1 heterocycles. The van der Waals surface area contributed by atoms with E-state index >= 15 is 0 Å². The van der Waals surface area contributed by atoms with Crippen LogP contribution in [0.1, 0.15) is 11.8 Å². The lowest BCUT2D eigenvalue weighted by Gasteiger charge is -2.10. The van der Waals surface area contributed by atoms with Crippen LogP contribution in [0.4, 0.5) is 18.0 Å². The Kier molecular flexibility index (Phi) is 5.11. The van der Waals surface area contributed by atoms with Crippen LogP contribution in [0.3, 0.4) is 0 Å². The van der Waals surface area contributed by atoms with E-state index in [0.717, 1.165) is 17.4 Å². The Labute approximate surface area is 110 Å². The van der Waals surface area contributed by atoms with Crippen molar-refractivity contribution >= 4 is 29.3 Å². The summed E-state index contributed by atoms with van der Waals surface area (Å²) in [5.41, 5.74) is -0.867. The second-order valence-corrected chi connectivity index (χ2v) is 4.23. The molecule has 4 nitrogen and oxygen atoms in total. The molecule has 0 bridgehead atoms. The smallest absolute Gasteiger partial charge is 0.450 e. The third kappa shape index (κ3) is 4.74. The average molecular weight is 293 g/mol. The summed E-state index contributed by atoms with van der Waals surface area (Å²) in [6, 6.07) is 3.12. The summed E-state index contributed by atoms with van der Waals surface area (Å²) in [6.45, 7) is 1.48. The fourth-order valence-electron chi connectivity index (χ4n) is 1.10. The Morgan fingerprint density at radius 3 is 2.63 bits per heavy atom. The highest BCUT2D eigenvalue weighted by Crippen LogP contribution is 2.22. The molecule has 1 aromatic rings. The third-order valence-corrected chi connectivity index (χ3v) is 2.66. The van der Waals surface area contributed by atoms with Crippen LogP contribution in [-0.4, -0.2) is 24.7 Å². The van der Waals surface area contributed by atoms with Crippen LogP contribution in [0.2, 0.25) is 0 Å². The summed E-state index contributed by atoms with van der Waals surface area (Å²) in [7, 11) is 0. The van der Waals surface area contributed by atoms with Gasteiger partial charge in [0.25, 0.3) is 5.78 Å².